The maximum absolute atomic E-state index is 14.1. The molecule has 0 aliphatic heterocycles. The number of amides is 4. The van der Waals surface area contributed by atoms with Gasteiger partial charge in [-0.15, -0.1) is 26.3 Å². The van der Waals surface area contributed by atoms with Crippen LogP contribution in [0.15, 0.2) is 24.3 Å². The van der Waals surface area contributed by atoms with Crippen molar-refractivity contribution in [2.45, 2.75) is 147 Å². The Morgan fingerprint density at radius 3 is 0.423 bits per heavy atom. The van der Waals surface area contributed by atoms with Crippen molar-refractivity contribution < 1.29 is 296 Å². The number of ether oxygens (including phenoxy) is 12. The van der Waals surface area contributed by atoms with Crippen LogP contribution in [0.25, 0.3) is 0 Å². The number of carbonyl (C=O) groups is 4. The molecular formula is C34H8F50N4O16. The summed E-state index contributed by atoms with van der Waals surface area (Å²) in [6.45, 7) is 0. The van der Waals surface area contributed by atoms with Gasteiger partial charge in [-0.3, -0.25) is 40.9 Å². The van der Waals surface area contributed by atoms with E-state index in [0.29, 0.717) is 10.9 Å². The molecule has 0 saturated heterocycles. The van der Waals surface area contributed by atoms with Gasteiger partial charge in [-0.2, -0.15) is 193 Å². The summed E-state index contributed by atoms with van der Waals surface area (Å²) in [5.74, 6) is -12.3. The van der Waals surface area contributed by atoms with Gasteiger partial charge in [-0.1, -0.05) is 0 Å². The molecule has 1 aromatic carbocycles. The summed E-state index contributed by atoms with van der Waals surface area (Å²) in [5.41, 5.74) is -1.20. The second-order valence-corrected chi connectivity index (χ2v) is 16.9. The summed E-state index contributed by atoms with van der Waals surface area (Å²) in [6.07, 6.45) is -192. The van der Waals surface area contributed by atoms with Gasteiger partial charge in [-0.25, -0.2) is 56.8 Å². The highest BCUT2D eigenvalue weighted by Gasteiger charge is 2.83. The molecule has 70 heteroatoms. The summed E-state index contributed by atoms with van der Waals surface area (Å²) in [4.78, 5) is 47.6. The number of carbonyl (C=O) groups excluding carboxylic acids is 4. The summed E-state index contributed by atoms with van der Waals surface area (Å²) in [5, 5.41) is 0. The SMILES string of the molecule is O=C(NNC(=O)C(F)(F)OC(F)(F)C(F)(F)OC(F)(F)C(F)(F)OC(F)(F)C(F)(F)OC(F)(F)C(F)(F)OC(F)(F)C(F)(F)OC(F)(F)F)c1ccc(C(=O)NNC(=O)C(F)(F)OC(F)(F)C(F)(F)OC(F)(F)C(F)(F)OC(F)(F)C(F)(F)OC(F)(F)C(F)(F)OC(F)(F)C(F)(F)OC(F)(F)F)cc1. The van der Waals surface area contributed by atoms with Crippen LogP contribution in [0, 0.1) is 0 Å². The van der Waals surface area contributed by atoms with Crippen LogP contribution in [-0.2, 0) is 66.4 Å². The molecule has 0 atom stereocenters. The van der Waals surface area contributed by atoms with Gasteiger partial charge in [-0.05, 0) is 24.3 Å². The molecule has 0 aromatic heterocycles. The molecule has 4 amide bonds. The fraction of sp³-hybridized carbons (Fsp3) is 0.706. The van der Waals surface area contributed by atoms with Crippen molar-refractivity contribution in [2.24, 2.45) is 0 Å². The van der Waals surface area contributed by atoms with Gasteiger partial charge in [0.1, 0.15) is 0 Å². The van der Waals surface area contributed by atoms with Crippen molar-refractivity contribution in [2.75, 3.05) is 0 Å². The lowest BCUT2D eigenvalue weighted by Gasteiger charge is -2.36. The number of halogens is 50. The van der Waals surface area contributed by atoms with Crippen LogP contribution in [0.2, 0.25) is 0 Å². The first-order chi connectivity index (χ1) is 44.8. The van der Waals surface area contributed by atoms with Gasteiger partial charge in [0.05, 0.1) is 0 Å². The average molecular weight is 1680 g/mol. The summed E-state index contributed by atoms with van der Waals surface area (Å²) >= 11 is 0. The van der Waals surface area contributed by atoms with Crippen molar-refractivity contribution in [1.29, 1.82) is 0 Å². The first kappa shape index (κ1) is 95.1. The number of hydrogen-bond donors (Lipinski definition) is 4. The predicted molar refractivity (Wildman–Crippen MR) is 192 cm³/mol. The van der Waals surface area contributed by atoms with Crippen LogP contribution in [0.5, 0.6) is 0 Å². The van der Waals surface area contributed by atoms with Crippen LogP contribution in [0.4, 0.5) is 220 Å². The lowest BCUT2D eigenvalue weighted by Crippen LogP contribution is -2.62. The Morgan fingerprint density at radius 2 is 0.298 bits per heavy atom. The molecule has 1 aromatic rings. The van der Waals surface area contributed by atoms with Crippen molar-refractivity contribution in [3.63, 3.8) is 0 Å². The third-order valence-electron chi connectivity index (χ3n) is 8.96. The van der Waals surface area contributed by atoms with E-state index in [0.717, 1.165) is 28.4 Å². The van der Waals surface area contributed by atoms with E-state index in [1.54, 1.807) is 9.47 Å². The maximum Gasteiger partial charge on any atom is 0.527 e. The van der Waals surface area contributed by atoms with Crippen LogP contribution < -0.4 is 21.7 Å². The van der Waals surface area contributed by atoms with E-state index in [1.807, 2.05) is 0 Å². The predicted octanol–water partition coefficient (Wildman–Crippen LogP) is 13.5. The molecule has 0 aliphatic carbocycles. The lowest BCUT2D eigenvalue weighted by atomic mass is 10.1. The quantitative estimate of drug-likeness (QED) is 0.0362. The molecule has 0 spiro atoms. The molecule has 0 heterocycles. The Bertz CT molecular complexity index is 2970. The van der Waals surface area contributed by atoms with E-state index >= 15 is 0 Å². The fourth-order valence-corrected chi connectivity index (χ4v) is 4.47. The van der Waals surface area contributed by atoms with Crippen molar-refractivity contribution >= 4 is 23.6 Å². The molecule has 0 radical (unpaired) electrons. The Balaban J connectivity index is 3.15. The fourth-order valence-electron chi connectivity index (χ4n) is 4.47. The zero-order chi connectivity index (χ0) is 83.6. The van der Waals surface area contributed by atoms with Crippen molar-refractivity contribution in [3.05, 3.63) is 35.4 Å². The van der Waals surface area contributed by atoms with Gasteiger partial charge >= 0.3 is 159 Å². The Morgan fingerprint density at radius 1 is 0.183 bits per heavy atom. The average Bonchev–Trinajstić information content (AvgIpc) is 0.755. The van der Waals surface area contributed by atoms with E-state index in [4.69, 9.17) is 0 Å². The van der Waals surface area contributed by atoms with E-state index in [-0.39, 0.29) is 35.1 Å². The van der Waals surface area contributed by atoms with Gasteiger partial charge in [0.2, 0.25) is 0 Å². The summed E-state index contributed by atoms with van der Waals surface area (Å²) < 4.78 is 686. The molecule has 0 saturated carbocycles. The highest BCUT2D eigenvalue weighted by Crippen LogP contribution is 2.57. The van der Waals surface area contributed by atoms with Crippen molar-refractivity contribution in [3.8, 4) is 0 Å². The minimum Gasteiger partial charge on any atom is -0.267 e. The number of rotatable bonds is 36. The third-order valence-corrected chi connectivity index (χ3v) is 8.96. The molecule has 20 nitrogen and oxygen atoms in total. The molecule has 1 rings (SSSR count). The molecule has 4 N–H and O–H groups in total. The number of hydrazine groups is 2. The molecule has 0 bridgehead atoms. The van der Waals surface area contributed by atoms with Gasteiger partial charge in [0.15, 0.2) is 0 Å². The Labute approximate surface area is 524 Å². The Hall–Kier alpha value is -6.88. The minimum absolute atomic E-state index is 0.00130. The molecular weight excluding hydrogens is 1670 g/mol. The second kappa shape index (κ2) is 28.4. The topological polar surface area (TPSA) is 227 Å². The van der Waals surface area contributed by atoms with Gasteiger partial charge in [0, 0.05) is 11.1 Å². The largest absolute Gasteiger partial charge is 0.527 e. The molecule has 610 valence electrons. The van der Waals surface area contributed by atoms with Crippen LogP contribution in [0.3, 0.4) is 0 Å². The lowest BCUT2D eigenvalue weighted by molar-refractivity contribution is -0.594. The van der Waals surface area contributed by atoms with Gasteiger partial charge < -0.3 is 0 Å². The monoisotopic (exact) mass is 1680 g/mol. The molecule has 104 heavy (non-hydrogen) atoms. The van der Waals surface area contributed by atoms with Gasteiger partial charge in [0.25, 0.3) is 11.8 Å². The second-order valence-electron chi connectivity index (χ2n) is 16.9. The summed E-state index contributed by atoms with van der Waals surface area (Å²) in [6, 6.07) is 0.00518. The van der Waals surface area contributed by atoms with E-state index in [1.165, 1.54) is 18.9 Å². The van der Waals surface area contributed by atoms with E-state index in [9.17, 15) is 239 Å². The highest BCUT2D eigenvalue weighted by atomic mass is 19.4. The highest BCUT2D eigenvalue weighted by molar-refractivity contribution is 5.99. The normalized spacial score (nSPS) is 15.6. The first-order valence-electron chi connectivity index (χ1n) is 22.0. The number of hydrogen-bond acceptors (Lipinski definition) is 16. The first-order valence-corrected chi connectivity index (χ1v) is 22.0. The zero-order valence-corrected chi connectivity index (χ0v) is 44.7. The Kier molecular flexibility index (Phi) is 25.9. The van der Waals surface area contributed by atoms with Crippen LogP contribution in [-0.4, -0.2) is 171 Å². The smallest absolute Gasteiger partial charge is 0.267 e. The van der Waals surface area contributed by atoms with Crippen molar-refractivity contribution in [1.82, 2.24) is 21.7 Å². The molecule has 0 unspecified atom stereocenters. The maximum atomic E-state index is 14.1. The van der Waals surface area contributed by atoms with E-state index in [2.05, 4.69) is 0 Å². The minimum atomic E-state index is -8.47. The van der Waals surface area contributed by atoms with E-state index < -0.39 is 182 Å². The van der Waals surface area contributed by atoms with Crippen LogP contribution >= 0.6 is 0 Å². The zero-order valence-electron chi connectivity index (χ0n) is 44.7. The number of alkyl halides is 50. The van der Waals surface area contributed by atoms with Crippen LogP contribution in [0.1, 0.15) is 20.7 Å². The summed E-state index contributed by atoms with van der Waals surface area (Å²) in [7, 11) is 0. The number of nitrogens with one attached hydrogen (secondary N) is 4. The third kappa shape index (κ3) is 22.1. The molecule has 0 fully saturated rings. The number of benzene rings is 1. The standard InChI is InChI=1S/C34H8F50N4O16/c35-11(36,93-13(39,40)15(43,44)95-17(47,48)19(51,52)97-21(55,56)23(59,60)99-25(63,64)27(67,68)101-29(71,72)31(75,76)103-33(79,80)81)9(91)87-85-7(89)5-1-2-6(4-3-5)8(90)86-88-10(92)12(37,38)94-14(41,42)16(45,46)96-18(49,50)20(53,54)98-22(57,58)24(61,62)100-26(65,66)28(69,70)102-30(73,74)32(77,78)104-34(82,83)84/h1-4H,(H,85,89)(H,86,90)(H,87,91)(H,88,92). The molecule has 0 aliphatic rings.